The number of hydrogen-bond donors (Lipinski definition) is 1. The molecule has 1 fully saturated rings. The first-order valence-corrected chi connectivity index (χ1v) is 4.58. The standard InChI is InChI=1S/C10H17N/c1-10(2)5-3-4-8-6-9(10)11-7-8/h3-4,8-9,11H,5-7H2,1-2H3. The zero-order valence-electron chi connectivity index (χ0n) is 7.43. The first-order chi connectivity index (χ1) is 5.18. The van der Waals surface area contributed by atoms with E-state index in [-0.39, 0.29) is 0 Å². The molecule has 2 unspecified atom stereocenters. The second kappa shape index (κ2) is 2.34. The minimum absolute atomic E-state index is 0.474. The topological polar surface area (TPSA) is 12.0 Å². The predicted octanol–water partition coefficient (Wildman–Crippen LogP) is 1.95. The minimum Gasteiger partial charge on any atom is -0.313 e. The lowest BCUT2D eigenvalue weighted by molar-refractivity contribution is 0.268. The Hall–Kier alpha value is -0.300. The molecule has 1 N–H and O–H groups in total. The van der Waals surface area contributed by atoms with Crippen LogP contribution in [0.4, 0.5) is 0 Å². The van der Waals surface area contributed by atoms with Crippen molar-refractivity contribution >= 4 is 0 Å². The fourth-order valence-corrected chi connectivity index (χ4v) is 2.21. The number of rotatable bonds is 0. The highest BCUT2D eigenvalue weighted by Crippen LogP contribution is 2.36. The summed E-state index contributed by atoms with van der Waals surface area (Å²) in [5, 5.41) is 3.60. The molecule has 1 aliphatic heterocycles. The molecule has 0 aromatic rings. The van der Waals surface area contributed by atoms with Crippen LogP contribution in [0.2, 0.25) is 0 Å². The molecular formula is C10H17N. The highest BCUT2D eigenvalue weighted by molar-refractivity contribution is 5.06. The van der Waals surface area contributed by atoms with E-state index in [1.165, 1.54) is 19.4 Å². The van der Waals surface area contributed by atoms with Crippen molar-refractivity contribution in [2.45, 2.75) is 32.7 Å². The van der Waals surface area contributed by atoms with Gasteiger partial charge in [0.1, 0.15) is 0 Å². The summed E-state index contributed by atoms with van der Waals surface area (Å²) >= 11 is 0. The Morgan fingerprint density at radius 1 is 1.45 bits per heavy atom. The lowest BCUT2D eigenvalue weighted by Crippen LogP contribution is -2.36. The molecule has 2 rings (SSSR count). The van der Waals surface area contributed by atoms with Crippen molar-refractivity contribution in [1.82, 2.24) is 5.32 Å². The van der Waals surface area contributed by atoms with E-state index in [1.54, 1.807) is 0 Å². The average Bonchev–Trinajstić information content (AvgIpc) is 2.30. The van der Waals surface area contributed by atoms with E-state index in [9.17, 15) is 0 Å². The van der Waals surface area contributed by atoms with Gasteiger partial charge in [-0.25, -0.2) is 0 Å². The van der Waals surface area contributed by atoms with E-state index >= 15 is 0 Å². The summed E-state index contributed by atoms with van der Waals surface area (Å²) in [7, 11) is 0. The van der Waals surface area contributed by atoms with Crippen LogP contribution in [0.15, 0.2) is 12.2 Å². The Kier molecular flexibility index (Phi) is 1.57. The smallest absolute Gasteiger partial charge is 0.0127 e. The zero-order valence-corrected chi connectivity index (χ0v) is 7.43. The summed E-state index contributed by atoms with van der Waals surface area (Å²) < 4.78 is 0. The van der Waals surface area contributed by atoms with Gasteiger partial charge in [0.05, 0.1) is 0 Å². The summed E-state index contributed by atoms with van der Waals surface area (Å²) in [6, 6.07) is 0.752. The number of fused-ring (bicyclic) bond motifs is 2. The second-order valence-corrected chi connectivity index (χ2v) is 4.58. The molecule has 0 saturated carbocycles. The zero-order chi connectivity index (χ0) is 7.90. The van der Waals surface area contributed by atoms with Gasteiger partial charge in [0.25, 0.3) is 0 Å². The third kappa shape index (κ3) is 1.22. The molecule has 2 bridgehead atoms. The van der Waals surface area contributed by atoms with Crippen molar-refractivity contribution in [1.29, 1.82) is 0 Å². The predicted molar refractivity (Wildman–Crippen MR) is 47.4 cm³/mol. The molecule has 62 valence electrons. The molecule has 1 nitrogen and oxygen atoms in total. The first kappa shape index (κ1) is 7.35. The largest absolute Gasteiger partial charge is 0.313 e. The molecule has 2 aliphatic rings. The Balaban J connectivity index is 2.21. The molecule has 11 heavy (non-hydrogen) atoms. The van der Waals surface area contributed by atoms with E-state index in [1.807, 2.05) is 0 Å². The van der Waals surface area contributed by atoms with Crippen molar-refractivity contribution in [2.24, 2.45) is 11.3 Å². The molecule has 0 aromatic heterocycles. The van der Waals surface area contributed by atoms with Crippen LogP contribution in [0.5, 0.6) is 0 Å². The fraction of sp³-hybridized carbons (Fsp3) is 0.800. The van der Waals surface area contributed by atoms with Gasteiger partial charge >= 0.3 is 0 Å². The third-order valence-electron chi connectivity index (χ3n) is 3.16. The van der Waals surface area contributed by atoms with Gasteiger partial charge in [0.15, 0.2) is 0 Å². The van der Waals surface area contributed by atoms with Gasteiger partial charge in [-0.1, -0.05) is 26.0 Å². The van der Waals surface area contributed by atoms with E-state index in [2.05, 4.69) is 31.3 Å². The van der Waals surface area contributed by atoms with Crippen molar-refractivity contribution in [3.05, 3.63) is 12.2 Å². The van der Waals surface area contributed by atoms with Gasteiger partial charge in [-0.15, -0.1) is 0 Å². The monoisotopic (exact) mass is 151 g/mol. The minimum atomic E-state index is 0.474. The summed E-state index contributed by atoms with van der Waals surface area (Å²) in [6.45, 7) is 5.93. The lowest BCUT2D eigenvalue weighted by atomic mass is 9.81. The van der Waals surface area contributed by atoms with Crippen molar-refractivity contribution in [2.75, 3.05) is 6.54 Å². The number of allylic oxidation sites excluding steroid dienone is 1. The van der Waals surface area contributed by atoms with Crippen LogP contribution < -0.4 is 5.32 Å². The molecule has 1 saturated heterocycles. The van der Waals surface area contributed by atoms with Gasteiger partial charge in [0, 0.05) is 12.6 Å². The van der Waals surface area contributed by atoms with E-state index < -0.39 is 0 Å². The maximum atomic E-state index is 3.60. The van der Waals surface area contributed by atoms with Gasteiger partial charge in [0.2, 0.25) is 0 Å². The van der Waals surface area contributed by atoms with Crippen molar-refractivity contribution < 1.29 is 0 Å². The lowest BCUT2D eigenvalue weighted by Gasteiger charge is -2.30. The van der Waals surface area contributed by atoms with Crippen LogP contribution >= 0.6 is 0 Å². The summed E-state index contributed by atoms with van der Waals surface area (Å²) in [5.74, 6) is 0.821. The van der Waals surface area contributed by atoms with Crippen molar-refractivity contribution in [3.8, 4) is 0 Å². The summed E-state index contributed by atoms with van der Waals surface area (Å²) in [5.41, 5.74) is 0.474. The normalized spacial score (nSPS) is 40.5. The van der Waals surface area contributed by atoms with Gasteiger partial charge in [-0.3, -0.25) is 0 Å². The molecule has 1 aliphatic carbocycles. The van der Waals surface area contributed by atoms with Crippen molar-refractivity contribution in [3.63, 3.8) is 0 Å². The Bertz CT molecular complexity index is 181. The first-order valence-electron chi connectivity index (χ1n) is 4.58. The van der Waals surface area contributed by atoms with Gasteiger partial charge in [-0.2, -0.15) is 0 Å². The SMILES string of the molecule is CC1(C)CC=CC2CNC1C2. The molecule has 1 heteroatoms. The second-order valence-electron chi connectivity index (χ2n) is 4.58. The van der Waals surface area contributed by atoms with Gasteiger partial charge < -0.3 is 5.32 Å². The molecule has 0 spiro atoms. The van der Waals surface area contributed by atoms with E-state index in [0.717, 1.165) is 12.0 Å². The molecule has 2 atom stereocenters. The molecule has 0 aromatic carbocycles. The number of hydrogen-bond acceptors (Lipinski definition) is 1. The molecule has 0 amide bonds. The Morgan fingerprint density at radius 2 is 2.27 bits per heavy atom. The van der Waals surface area contributed by atoms with Gasteiger partial charge in [-0.05, 0) is 24.2 Å². The quantitative estimate of drug-likeness (QED) is 0.522. The van der Waals surface area contributed by atoms with Crippen LogP contribution in [0.25, 0.3) is 0 Å². The highest BCUT2D eigenvalue weighted by atomic mass is 15.0. The van der Waals surface area contributed by atoms with Crippen LogP contribution in [-0.2, 0) is 0 Å². The van der Waals surface area contributed by atoms with E-state index in [4.69, 9.17) is 0 Å². The van der Waals surface area contributed by atoms with Crippen LogP contribution in [0, 0.1) is 11.3 Å². The maximum Gasteiger partial charge on any atom is 0.0127 e. The number of nitrogens with one attached hydrogen (secondary N) is 1. The highest BCUT2D eigenvalue weighted by Gasteiger charge is 2.35. The molecule has 0 radical (unpaired) electrons. The molecular weight excluding hydrogens is 134 g/mol. The van der Waals surface area contributed by atoms with Crippen LogP contribution in [0.3, 0.4) is 0 Å². The van der Waals surface area contributed by atoms with E-state index in [0.29, 0.717) is 5.41 Å². The Morgan fingerprint density at radius 3 is 3.09 bits per heavy atom. The average molecular weight is 151 g/mol. The summed E-state index contributed by atoms with van der Waals surface area (Å²) in [4.78, 5) is 0. The van der Waals surface area contributed by atoms with Crippen LogP contribution in [-0.4, -0.2) is 12.6 Å². The third-order valence-corrected chi connectivity index (χ3v) is 3.16. The summed E-state index contributed by atoms with van der Waals surface area (Å²) in [6.07, 6.45) is 7.35. The van der Waals surface area contributed by atoms with Crippen LogP contribution in [0.1, 0.15) is 26.7 Å². The fourth-order valence-electron chi connectivity index (χ4n) is 2.21. The Labute approximate surface area is 68.9 Å². The molecule has 1 heterocycles. The maximum absolute atomic E-state index is 3.60.